The van der Waals surface area contributed by atoms with Crippen LogP contribution < -0.4 is 0 Å². The Morgan fingerprint density at radius 1 is 0.700 bits per heavy atom. The standard InChI is InChI=1S/2C12H11ClO2/c2*1-15-12(14)8-5-3-2-4-6-11(13)10-7-9(8)10/h2*4-7H2,1H3/b2*9-8+,11-10+. The van der Waals surface area contributed by atoms with Gasteiger partial charge in [0.15, 0.2) is 0 Å². The molecule has 0 N–H and O–H groups in total. The van der Waals surface area contributed by atoms with Crippen molar-refractivity contribution in [3.05, 3.63) is 43.5 Å². The number of carbonyl (C=O) groups excluding carboxylic acids is 2. The topological polar surface area (TPSA) is 52.6 Å². The number of hydrogen-bond acceptors (Lipinski definition) is 4. The second-order valence-electron chi connectivity index (χ2n) is 7.08. The summed E-state index contributed by atoms with van der Waals surface area (Å²) in [6.07, 6.45) is 5.74. The predicted molar refractivity (Wildman–Crippen MR) is 116 cm³/mol. The Labute approximate surface area is 187 Å². The fraction of sp³-hybridized carbons (Fsp3) is 0.417. The molecule has 0 amide bonds. The van der Waals surface area contributed by atoms with Crippen LogP contribution in [0.3, 0.4) is 0 Å². The van der Waals surface area contributed by atoms with Gasteiger partial charge in [-0.2, -0.15) is 0 Å². The van der Waals surface area contributed by atoms with Gasteiger partial charge in [0.05, 0.1) is 25.4 Å². The number of methoxy groups -OCH3 is 2. The molecular weight excluding hydrogens is 423 g/mol. The largest absolute Gasteiger partial charge is 0.466 e. The van der Waals surface area contributed by atoms with E-state index in [9.17, 15) is 9.59 Å². The van der Waals surface area contributed by atoms with E-state index in [2.05, 4.69) is 23.7 Å². The van der Waals surface area contributed by atoms with Crippen molar-refractivity contribution in [2.24, 2.45) is 0 Å². The molecule has 0 aliphatic heterocycles. The van der Waals surface area contributed by atoms with Gasteiger partial charge in [-0.05, 0) is 48.0 Å². The van der Waals surface area contributed by atoms with E-state index in [1.54, 1.807) is 0 Å². The lowest BCUT2D eigenvalue weighted by Gasteiger charge is -1.99. The number of halogens is 2. The fourth-order valence-corrected chi connectivity index (χ4v) is 3.89. The molecule has 30 heavy (non-hydrogen) atoms. The van der Waals surface area contributed by atoms with E-state index < -0.39 is 0 Å². The molecule has 4 aliphatic rings. The van der Waals surface area contributed by atoms with Crippen molar-refractivity contribution in [2.45, 2.75) is 51.4 Å². The van der Waals surface area contributed by atoms with Gasteiger partial charge in [0, 0.05) is 35.7 Å². The summed E-state index contributed by atoms with van der Waals surface area (Å²) in [5, 5.41) is 1.70. The van der Waals surface area contributed by atoms with Crippen molar-refractivity contribution in [3.8, 4) is 23.7 Å². The van der Waals surface area contributed by atoms with Crippen LogP contribution in [-0.4, -0.2) is 26.2 Å². The molecule has 0 radical (unpaired) electrons. The maximum atomic E-state index is 11.5. The Morgan fingerprint density at radius 3 is 1.47 bits per heavy atom. The zero-order valence-electron chi connectivity index (χ0n) is 17.0. The molecule has 0 atom stereocenters. The molecule has 0 unspecified atom stereocenters. The van der Waals surface area contributed by atoms with Crippen LogP contribution in [0.2, 0.25) is 0 Å². The fourth-order valence-electron chi connectivity index (χ4n) is 3.34. The van der Waals surface area contributed by atoms with Crippen LogP contribution in [0, 0.1) is 23.7 Å². The minimum absolute atomic E-state index is 0.277. The predicted octanol–water partition coefficient (Wildman–Crippen LogP) is 5.08. The van der Waals surface area contributed by atoms with Crippen LogP contribution in [0.15, 0.2) is 43.5 Å². The molecular formula is C24H22Cl2O4. The van der Waals surface area contributed by atoms with Gasteiger partial charge in [-0.25, -0.2) is 9.59 Å². The number of carbonyl (C=O) groups is 2. The molecule has 0 bridgehead atoms. The Hall–Kier alpha value is -2.40. The zero-order chi connectivity index (χ0) is 21.7. The van der Waals surface area contributed by atoms with Gasteiger partial charge in [-0.1, -0.05) is 35.0 Å². The minimum atomic E-state index is -0.277. The summed E-state index contributed by atoms with van der Waals surface area (Å²) in [5.41, 5.74) is 5.68. The summed E-state index contributed by atoms with van der Waals surface area (Å²) >= 11 is 12.2. The summed E-state index contributed by atoms with van der Waals surface area (Å²) in [6.45, 7) is 0. The van der Waals surface area contributed by atoms with Crippen molar-refractivity contribution in [1.82, 2.24) is 0 Å². The Kier molecular flexibility index (Phi) is 7.48. The highest BCUT2D eigenvalue weighted by Gasteiger charge is 2.32. The van der Waals surface area contributed by atoms with Crippen LogP contribution in [0.1, 0.15) is 51.4 Å². The molecule has 6 heteroatoms. The van der Waals surface area contributed by atoms with Crippen LogP contribution in [0.5, 0.6) is 0 Å². The van der Waals surface area contributed by atoms with Gasteiger partial charge in [0.2, 0.25) is 0 Å². The molecule has 156 valence electrons. The summed E-state index contributed by atoms with van der Waals surface area (Å²) in [4.78, 5) is 22.9. The zero-order valence-corrected chi connectivity index (χ0v) is 18.6. The quantitative estimate of drug-likeness (QED) is 0.440. The van der Waals surface area contributed by atoms with Gasteiger partial charge in [-0.15, -0.1) is 11.8 Å². The Bertz CT molecular complexity index is 949. The van der Waals surface area contributed by atoms with E-state index in [-0.39, 0.29) is 11.9 Å². The van der Waals surface area contributed by atoms with Gasteiger partial charge in [-0.3, -0.25) is 0 Å². The molecule has 0 aromatic carbocycles. The van der Waals surface area contributed by atoms with Gasteiger partial charge >= 0.3 is 11.9 Å². The average molecular weight is 445 g/mol. The molecule has 0 aromatic rings. The van der Waals surface area contributed by atoms with Crippen LogP contribution in [0.4, 0.5) is 0 Å². The number of esters is 2. The number of ether oxygens (including phenoxy) is 2. The lowest BCUT2D eigenvalue weighted by molar-refractivity contribution is -0.137. The Morgan fingerprint density at radius 2 is 1.10 bits per heavy atom. The summed E-state index contributed by atoms with van der Waals surface area (Å²) < 4.78 is 9.46. The lowest BCUT2D eigenvalue weighted by atomic mass is 10.1. The molecule has 0 aromatic heterocycles. The average Bonchev–Trinajstić information content (AvgIpc) is 3.67. The van der Waals surface area contributed by atoms with E-state index in [0.29, 0.717) is 24.0 Å². The number of rotatable bonds is 2. The first-order chi connectivity index (χ1) is 14.5. The summed E-state index contributed by atoms with van der Waals surface area (Å²) in [6, 6.07) is 0. The normalized spacial score (nSPS) is 28.9. The van der Waals surface area contributed by atoms with Crippen molar-refractivity contribution in [3.63, 3.8) is 0 Å². The first-order valence-corrected chi connectivity index (χ1v) is 10.5. The molecule has 4 rings (SSSR count). The first kappa shape index (κ1) is 22.3. The van der Waals surface area contributed by atoms with Gasteiger partial charge in [0.1, 0.15) is 0 Å². The maximum Gasteiger partial charge on any atom is 0.335 e. The molecule has 4 aliphatic carbocycles. The van der Waals surface area contributed by atoms with Crippen LogP contribution in [-0.2, 0) is 19.1 Å². The lowest BCUT2D eigenvalue weighted by Crippen LogP contribution is -2.04. The van der Waals surface area contributed by atoms with Crippen molar-refractivity contribution in [1.29, 1.82) is 0 Å². The first-order valence-electron chi connectivity index (χ1n) is 9.75. The molecule has 4 nitrogen and oxygen atoms in total. The van der Waals surface area contributed by atoms with E-state index in [1.165, 1.54) is 14.2 Å². The SMILES string of the molecule is COC(=O)/C1=C2\C\C2=C(/Cl)CCC#CC1.COC(=O)/C1=C2\C\C2=C(/Cl)CCC#CC1. The molecule has 0 spiro atoms. The highest BCUT2D eigenvalue weighted by atomic mass is 35.5. The van der Waals surface area contributed by atoms with Gasteiger partial charge < -0.3 is 9.47 Å². The van der Waals surface area contributed by atoms with Crippen LogP contribution >= 0.6 is 23.2 Å². The smallest absolute Gasteiger partial charge is 0.335 e. The second kappa shape index (κ2) is 10.1. The number of hydrogen-bond donors (Lipinski definition) is 0. The molecule has 0 heterocycles. The van der Waals surface area contributed by atoms with E-state index in [0.717, 1.165) is 70.9 Å². The summed E-state index contributed by atoms with van der Waals surface area (Å²) in [5.74, 6) is 11.4. The van der Waals surface area contributed by atoms with E-state index in [1.807, 2.05) is 0 Å². The Balaban J connectivity index is 0.000000171. The monoisotopic (exact) mass is 444 g/mol. The maximum absolute atomic E-state index is 11.5. The van der Waals surface area contributed by atoms with Crippen molar-refractivity contribution < 1.29 is 19.1 Å². The van der Waals surface area contributed by atoms with Crippen LogP contribution in [0.25, 0.3) is 0 Å². The number of allylic oxidation sites excluding steroid dienone is 6. The third kappa shape index (κ3) is 5.39. The van der Waals surface area contributed by atoms with E-state index >= 15 is 0 Å². The van der Waals surface area contributed by atoms with E-state index in [4.69, 9.17) is 32.7 Å². The third-order valence-electron chi connectivity index (χ3n) is 5.15. The highest BCUT2D eigenvalue weighted by molar-refractivity contribution is 6.31. The number of fused-ring (bicyclic) bond motifs is 2. The molecule has 2 fully saturated rings. The van der Waals surface area contributed by atoms with Gasteiger partial charge in [0.25, 0.3) is 0 Å². The minimum Gasteiger partial charge on any atom is -0.466 e. The molecule has 2 saturated carbocycles. The van der Waals surface area contributed by atoms with Crippen molar-refractivity contribution in [2.75, 3.05) is 14.2 Å². The summed E-state index contributed by atoms with van der Waals surface area (Å²) in [7, 11) is 2.78. The van der Waals surface area contributed by atoms with Crippen molar-refractivity contribution >= 4 is 35.1 Å². The third-order valence-corrected chi connectivity index (χ3v) is 5.99. The second-order valence-corrected chi connectivity index (χ2v) is 7.99. The molecule has 0 saturated heterocycles. The highest BCUT2D eigenvalue weighted by Crippen LogP contribution is 2.46.